The molecule has 2 aliphatic rings. The predicted octanol–water partition coefficient (Wildman–Crippen LogP) is 1.87. The third kappa shape index (κ3) is 3.83. The maximum atomic E-state index is 13.7. The van der Waals surface area contributed by atoms with Gasteiger partial charge >= 0.3 is 6.03 Å². The average molecular weight is 444 g/mol. The van der Waals surface area contributed by atoms with E-state index in [0.29, 0.717) is 12.2 Å². The van der Waals surface area contributed by atoms with Crippen LogP contribution in [0.5, 0.6) is 5.75 Å². The zero-order valence-corrected chi connectivity index (χ0v) is 18.1. The van der Waals surface area contributed by atoms with Gasteiger partial charge in [0, 0.05) is 7.05 Å². The van der Waals surface area contributed by atoms with Gasteiger partial charge in [0.15, 0.2) is 14.6 Å². The van der Waals surface area contributed by atoms with Crippen molar-refractivity contribution >= 4 is 33.4 Å². The van der Waals surface area contributed by atoms with Crippen LogP contribution in [0.2, 0.25) is 5.02 Å². The molecular weight excluding hydrogens is 418 g/mol. The van der Waals surface area contributed by atoms with E-state index in [1.54, 1.807) is 0 Å². The Bertz CT molecular complexity index is 914. The SMILES string of the molecule is CNC(=O)NC(=O)C1(S(=O)(=O)c2ccc(OC)c(Cl)c2)CCC2(CCNCC2)C1. The van der Waals surface area contributed by atoms with E-state index in [4.69, 9.17) is 16.3 Å². The summed E-state index contributed by atoms with van der Waals surface area (Å²) in [5, 5.41) is 7.94. The summed E-state index contributed by atoms with van der Waals surface area (Å²) in [6.07, 6.45) is 2.53. The van der Waals surface area contributed by atoms with E-state index in [1.807, 2.05) is 0 Å². The number of halogens is 1. The minimum absolute atomic E-state index is 0.0543. The number of carbonyl (C=O) groups is 2. The molecule has 10 heteroatoms. The van der Waals surface area contributed by atoms with Gasteiger partial charge in [-0.3, -0.25) is 10.1 Å². The Morgan fingerprint density at radius 1 is 1.17 bits per heavy atom. The monoisotopic (exact) mass is 443 g/mol. The number of sulfone groups is 1. The summed E-state index contributed by atoms with van der Waals surface area (Å²) >= 11 is 6.15. The number of urea groups is 1. The highest BCUT2D eigenvalue weighted by Crippen LogP contribution is 2.54. The number of ether oxygens (including phenoxy) is 1. The van der Waals surface area contributed by atoms with Gasteiger partial charge in [0.1, 0.15) is 5.75 Å². The van der Waals surface area contributed by atoms with E-state index in [2.05, 4.69) is 16.0 Å². The molecule has 1 saturated carbocycles. The zero-order valence-electron chi connectivity index (χ0n) is 16.5. The number of hydrogen-bond acceptors (Lipinski definition) is 6. The van der Waals surface area contributed by atoms with Crippen LogP contribution in [0.25, 0.3) is 0 Å². The second kappa shape index (κ2) is 8.12. The van der Waals surface area contributed by atoms with Crippen molar-refractivity contribution in [1.82, 2.24) is 16.0 Å². The molecule has 1 aromatic rings. The highest BCUT2D eigenvalue weighted by molar-refractivity contribution is 7.93. The van der Waals surface area contributed by atoms with Gasteiger partial charge in [0.05, 0.1) is 17.0 Å². The molecule has 8 nitrogen and oxygen atoms in total. The van der Waals surface area contributed by atoms with Crippen molar-refractivity contribution in [3.05, 3.63) is 23.2 Å². The number of piperidine rings is 1. The Kier molecular flexibility index (Phi) is 6.12. The Morgan fingerprint density at radius 2 is 1.86 bits per heavy atom. The number of benzene rings is 1. The third-order valence-electron chi connectivity index (χ3n) is 6.20. The summed E-state index contributed by atoms with van der Waals surface area (Å²) in [5.74, 6) is -0.449. The Balaban J connectivity index is 2.06. The lowest BCUT2D eigenvalue weighted by atomic mass is 9.77. The van der Waals surface area contributed by atoms with E-state index in [0.717, 1.165) is 25.9 Å². The minimum Gasteiger partial charge on any atom is -0.495 e. The molecule has 1 spiro atoms. The number of rotatable bonds is 4. The summed E-state index contributed by atoms with van der Waals surface area (Å²) in [4.78, 5) is 24.9. The van der Waals surface area contributed by atoms with Gasteiger partial charge in [-0.25, -0.2) is 13.2 Å². The first-order chi connectivity index (χ1) is 13.7. The molecule has 3 rings (SSSR count). The molecule has 1 saturated heterocycles. The number of hydrogen-bond donors (Lipinski definition) is 3. The largest absolute Gasteiger partial charge is 0.495 e. The van der Waals surface area contributed by atoms with Gasteiger partial charge in [0.25, 0.3) is 0 Å². The fraction of sp³-hybridized carbons (Fsp3) is 0.579. The molecule has 1 aliphatic heterocycles. The van der Waals surface area contributed by atoms with Crippen molar-refractivity contribution in [2.45, 2.75) is 41.7 Å². The molecule has 0 radical (unpaired) electrons. The molecule has 1 heterocycles. The average Bonchev–Trinajstić information content (AvgIpc) is 3.09. The van der Waals surface area contributed by atoms with E-state index in [1.165, 1.54) is 32.4 Å². The van der Waals surface area contributed by atoms with Crippen LogP contribution in [0.1, 0.15) is 32.1 Å². The molecule has 160 valence electrons. The molecule has 1 aromatic carbocycles. The van der Waals surface area contributed by atoms with Crippen molar-refractivity contribution < 1.29 is 22.7 Å². The molecule has 0 aromatic heterocycles. The Morgan fingerprint density at radius 3 is 2.45 bits per heavy atom. The maximum Gasteiger partial charge on any atom is 0.321 e. The van der Waals surface area contributed by atoms with Crippen LogP contribution >= 0.6 is 11.6 Å². The van der Waals surface area contributed by atoms with Gasteiger partial charge in [-0.05, 0) is 68.8 Å². The zero-order chi connectivity index (χ0) is 21.3. The number of imide groups is 1. The summed E-state index contributed by atoms with van der Waals surface area (Å²) < 4.78 is 30.9. The molecule has 1 atom stereocenters. The topological polar surface area (TPSA) is 114 Å². The molecule has 0 bridgehead atoms. The first kappa shape index (κ1) is 21.9. The lowest BCUT2D eigenvalue weighted by molar-refractivity contribution is -0.122. The first-order valence-electron chi connectivity index (χ1n) is 9.52. The summed E-state index contributed by atoms with van der Waals surface area (Å²) in [6.45, 7) is 1.56. The summed E-state index contributed by atoms with van der Waals surface area (Å²) in [7, 11) is -1.32. The smallest absolute Gasteiger partial charge is 0.321 e. The third-order valence-corrected chi connectivity index (χ3v) is 8.93. The van der Waals surface area contributed by atoms with Gasteiger partial charge in [-0.15, -0.1) is 0 Å². The van der Waals surface area contributed by atoms with Crippen molar-refractivity contribution in [3.63, 3.8) is 0 Å². The standard InChI is InChI=1S/C19H26ClN3O5S/c1-21-17(25)23-16(24)19(6-5-18(12-19)7-9-22-10-8-18)29(26,27)13-3-4-15(28-2)14(20)11-13/h3-4,11,22H,5-10,12H2,1-2H3,(H2,21,23,24,25). The molecular formula is C19H26ClN3O5S. The fourth-order valence-corrected chi connectivity index (χ4v) is 6.95. The molecule has 1 aliphatic carbocycles. The van der Waals surface area contributed by atoms with Crippen LogP contribution in [0.15, 0.2) is 23.1 Å². The van der Waals surface area contributed by atoms with E-state index in [9.17, 15) is 18.0 Å². The van der Waals surface area contributed by atoms with Gasteiger partial charge in [-0.1, -0.05) is 11.6 Å². The number of amides is 3. The normalized spacial score (nSPS) is 23.6. The number of nitrogens with one attached hydrogen (secondary N) is 3. The fourth-order valence-electron chi connectivity index (χ4n) is 4.50. The number of methoxy groups -OCH3 is 1. The Labute approximate surface area is 175 Å². The predicted molar refractivity (Wildman–Crippen MR) is 109 cm³/mol. The molecule has 2 fully saturated rings. The molecule has 29 heavy (non-hydrogen) atoms. The first-order valence-corrected chi connectivity index (χ1v) is 11.4. The van der Waals surface area contributed by atoms with Crippen molar-refractivity contribution in [2.75, 3.05) is 27.2 Å². The second-order valence-electron chi connectivity index (χ2n) is 7.75. The quantitative estimate of drug-likeness (QED) is 0.654. The molecule has 3 N–H and O–H groups in total. The lowest BCUT2D eigenvalue weighted by Crippen LogP contribution is -2.54. The van der Waals surface area contributed by atoms with Crippen LogP contribution in [0.4, 0.5) is 4.79 Å². The van der Waals surface area contributed by atoms with Gasteiger partial charge < -0.3 is 15.4 Å². The summed E-state index contributed by atoms with van der Waals surface area (Å²) in [5.41, 5.74) is -0.241. The van der Waals surface area contributed by atoms with Crippen molar-refractivity contribution in [3.8, 4) is 5.75 Å². The highest BCUT2D eigenvalue weighted by Gasteiger charge is 2.60. The van der Waals surface area contributed by atoms with Gasteiger partial charge in [0.2, 0.25) is 5.91 Å². The molecule has 1 unspecified atom stereocenters. The van der Waals surface area contributed by atoms with Crippen molar-refractivity contribution in [1.29, 1.82) is 0 Å². The maximum absolute atomic E-state index is 13.7. The summed E-state index contributed by atoms with van der Waals surface area (Å²) in [6, 6.07) is 3.43. The van der Waals surface area contributed by atoms with Crippen LogP contribution in [-0.2, 0) is 14.6 Å². The van der Waals surface area contributed by atoms with Crippen LogP contribution in [0, 0.1) is 5.41 Å². The molecule has 3 amide bonds. The van der Waals surface area contributed by atoms with Crippen LogP contribution < -0.4 is 20.7 Å². The second-order valence-corrected chi connectivity index (χ2v) is 10.4. The van der Waals surface area contributed by atoms with E-state index in [-0.39, 0.29) is 28.2 Å². The van der Waals surface area contributed by atoms with E-state index >= 15 is 0 Å². The Hall–Kier alpha value is -1.84. The lowest BCUT2D eigenvalue weighted by Gasteiger charge is -2.36. The van der Waals surface area contributed by atoms with Crippen LogP contribution in [-0.4, -0.2) is 52.4 Å². The van der Waals surface area contributed by atoms with E-state index < -0.39 is 26.5 Å². The van der Waals surface area contributed by atoms with Crippen molar-refractivity contribution in [2.24, 2.45) is 5.41 Å². The van der Waals surface area contributed by atoms with Crippen LogP contribution in [0.3, 0.4) is 0 Å². The number of carbonyl (C=O) groups excluding carboxylic acids is 2. The minimum atomic E-state index is -4.13. The highest BCUT2D eigenvalue weighted by atomic mass is 35.5. The van der Waals surface area contributed by atoms with Gasteiger partial charge in [-0.2, -0.15) is 0 Å².